The Bertz CT molecular complexity index is 1270. The highest BCUT2D eigenvalue weighted by atomic mass is 32.1. The maximum absolute atomic E-state index is 13.7. The molecule has 174 valence electrons. The Labute approximate surface area is 202 Å². The highest BCUT2D eigenvalue weighted by molar-refractivity contribution is 7.16. The molecule has 0 fully saturated rings. The van der Waals surface area contributed by atoms with E-state index in [1.807, 2.05) is 18.2 Å². The smallest absolute Gasteiger partial charge is 0.232 e. The van der Waals surface area contributed by atoms with E-state index in [0.29, 0.717) is 29.9 Å². The predicted octanol–water partition coefficient (Wildman–Crippen LogP) is 5.54. The van der Waals surface area contributed by atoms with Gasteiger partial charge in [0.2, 0.25) is 12.7 Å². The lowest BCUT2D eigenvalue weighted by Gasteiger charge is -2.37. The Balaban J connectivity index is 1.48. The molecule has 0 saturated carbocycles. The number of nitriles is 1. The number of benzene rings is 1. The van der Waals surface area contributed by atoms with Gasteiger partial charge in [0.05, 0.1) is 5.56 Å². The lowest BCUT2D eigenvalue weighted by Crippen LogP contribution is -2.40. The molecule has 2 aromatic rings. The molecule has 1 aromatic carbocycles. The minimum Gasteiger partial charge on any atom is -0.454 e. The van der Waals surface area contributed by atoms with Crippen molar-refractivity contribution in [3.63, 3.8) is 0 Å². The van der Waals surface area contributed by atoms with Gasteiger partial charge in [-0.15, -0.1) is 11.3 Å². The van der Waals surface area contributed by atoms with Gasteiger partial charge >= 0.3 is 0 Å². The monoisotopic (exact) mass is 474 g/mol. The number of anilines is 1. The summed E-state index contributed by atoms with van der Waals surface area (Å²) in [6.45, 7) is 0.184. The van der Waals surface area contributed by atoms with Crippen LogP contribution in [0, 0.1) is 11.3 Å². The lowest BCUT2D eigenvalue weighted by molar-refractivity contribution is -0.119. The van der Waals surface area contributed by atoms with Gasteiger partial charge in [0.15, 0.2) is 17.3 Å². The molecular weight excluding hydrogens is 448 g/mol. The number of ketones is 1. The Morgan fingerprint density at radius 1 is 0.971 bits per heavy atom. The van der Waals surface area contributed by atoms with E-state index in [4.69, 9.17) is 9.47 Å². The fraction of sp³-hybridized carbons (Fsp3) is 0.444. The van der Waals surface area contributed by atoms with Crippen molar-refractivity contribution in [3.05, 3.63) is 51.0 Å². The molecule has 7 heteroatoms. The van der Waals surface area contributed by atoms with Crippen molar-refractivity contribution in [2.45, 2.75) is 70.1 Å². The summed E-state index contributed by atoms with van der Waals surface area (Å²) in [5.74, 6) is 1.11. The summed E-state index contributed by atoms with van der Waals surface area (Å²) >= 11 is 1.59. The summed E-state index contributed by atoms with van der Waals surface area (Å²) in [7, 11) is 0. The van der Waals surface area contributed by atoms with Gasteiger partial charge in [-0.3, -0.25) is 14.5 Å². The summed E-state index contributed by atoms with van der Waals surface area (Å²) in [5.41, 5.74) is 4.19. The molecule has 1 aromatic heterocycles. The van der Waals surface area contributed by atoms with E-state index in [1.54, 1.807) is 16.2 Å². The third-order valence-electron chi connectivity index (χ3n) is 7.44. The molecule has 0 radical (unpaired) electrons. The number of Topliss-reactive ketones (excluding diaryl/α,β-unsaturated/α-hetero) is 1. The Hall–Kier alpha value is -3.11. The standard InChI is InChI=1S/C27H26N2O4S/c28-14-19-17-6-3-1-2-4-9-24(17)34-27(19)29-20-7-5-8-21(30)26(20)18(13-25(29)31)16-10-11-22-23(12-16)33-15-32-22/h10-12,18H,1-9,13,15H2/t18-/m0/s1. The number of rotatable bonds is 2. The molecule has 6 rings (SSSR count). The van der Waals surface area contributed by atoms with Crippen LogP contribution in [0.15, 0.2) is 29.5 Å². The molecule has 1 amide bonds. The molecule has 1 atom stereocenters. The van der Waals surface area contributed by atoms with E-state index in [-0.39, 0.29) is 30.8 Å². The Morgan fingerprint density at radius 2 is 1.79 bits per heavy atom. The fourth-order valence-electron chi connectivity index (χ4n) is 5.82. The van der Waals surface area contributed by atoms with Gasteiger partial charge in [0.1, 0.15) is 11.1 Å². The Kier molecular flexibility index (Phi) is 5.41. The van der Waals surface area contributed by atoms with Gasteiger partial charge in [-0.1, -0.05) is 18.9 Å². The number of fused-ring (bicyclic) bond motifs is 2. The van der Waals surface area contributed by atoms with Crippen LogP contribution in [-0.4, -0.2) is 18.5 Å². The molecule has 0 spiro atoms. The van der Waals surface area contributed by atoms with Gasteiger partial charge in [0.25, 0.3) is 0 Å². The van der Waals surface area contributed by atoms with Crippen molar-refractivity contribution < 1.29 is 19.1 Å². The molecule has 0 bridgehead atoms. The summed E-state index contributed by atoms with van der Waals surface area (Å²) in [5, 5.41) is 10.8. The second-order valence-electron chi connectivity index (χ2n) is 9.45. The molecule has 0 saturated heterocycles. The maximum Gasteiger partial charge on any atom is 0.232 e. The highest BCUT2D eigenvalue weighted by Crippen LogP contribution is 2.48. The zero-order valence-corrected chi connectivity index (χ0v) is 19.8. The summed E-state index contributed by atoms with van der Waals surface area (Å²) in [4.78, 5) is 29.9. The van der Waals surface area contributed by atoms with E-state index in [2.05, 4.69) is 6.07 Å². The summed E-state index contributed by atoms with van der Waals surface area (Å²) in [6, 6.07) is 8.12. The van der Waals surface area contributed by atoms with Crippen molar-refractivity contribution >= 4 is 28.0 Å². The number of amides is 1. The van der Waals surface area contributed by atoms with Crippen molar-refractivity contribution in [2.24, 2.45) is 0 Å². The van der Waals surface area contributed by atoms with Crippen molar-refractivity contribution in [3.8, 4) is 17.6 Å². The average molecular weight is 475 g/mol. The number of hydrogen-bond donors (Lipinski definition) is 0. The van der Waals surface area contributed by atoms with Crippen LogP contribution < -0.4 is 14.4 Å². The van der Waals surface area contributed by atoms with Gasteiger partial charge in [-0.05, 0) is 61.8 Å². The van der Waals surface area contributed by atoms with E-state index >= 15 is 0 Å². The molecule has 4 aliphatic rings. The number of thiophene rings is 1. The van der Waals surface area contributed by atoms with Crippen LogP contribution >= 0.6 is 11.3 Å². The topological polar surface area (TPSA) is 79.6 Å². The first kappa shape index (κ1) is 21.4. The average Bonchev–Trinajstić information content (AvgIpc) is 3.42. The van der Waals surface area contributed by atoms with Crippen LogP contribution in [-0.2, 0) is 22.4 Å². The molecule has 0 unspecified atom stereocenters. The van der Waals surface area contributed by atoms with Crippen LogP contribution in [0.5, 0.6) is 11.5 Å². The number of ether oxygens (including phenoxy) is 2. The molecular formula is C27H26N2O4S. The second kappa shape index (κ2) is 8.59. The Morgan fingerprint density at radius 3 is 2.65 bits per heavy atom. The van der Waals surface area contributed by atoms with Gasteiger partial charge in [0, 0.05) is 34.9 Å². The normalized spacial score (nSPS) is 22.1. The van der Waals surface area contributed by atoms with Crippen LogP contribution in [0.25, 0.3) is 0 Å². The van der Waals surface area contributed by atoms with Crippen LogP contribution in [0.3, 0.4) is 0 Å². The first-order valence-corrected chi connectivity index (χ1v) is 13.0. The third-order valence-corrected chi connectivity index (χ3v) is 8.72. The van der Waals surface area contributed by atoms with Crippen molar-refractivity contribution in [1.82, 2.24) is 0 Å². The minimum atomic E-state index is -0.299. The van der Waals surface area contributed by atoms with Gasteiger partial charge < -0.3 is 9.47 Å². The number of hydrogen-bond acceptors (Lipinski definition) is 6. The number of aryl methyl sites for hydroxylation is 1. The number of carbonyl (C=O) groups is 2. The molecule has 2 aliphatic heterocycles. The maximum atomic E-state index is 13.7. The van der Waals surface area contributed by atoms with Crippen LogP contribution in [0.2, 0.25) is 0 Å². The van der Waals surface area contributed by atoms with Crippen molar-refractivity contribution in [1.29, 1.82) is 5.26 Å². The quantitative estimate of drug-likeness (QED) is 0.571. The van der Waals surface area contributed by atoms with E-state index in [1.165, 1.54) is 17.7 Å². The SMILES string of the molecule is N#Cc1c(N2C(=O)C[C@@H](c3ccc4c(c3)OCO4)C3=C2CCCC3=O)sc2c1CCCCCC2. The van der Waals surface area contributed by atoms with E-state index in [9.17, 15) is 14.9 Å². The highest BCUT2D eigenvalue weighted by Gasteiger charge is 2.42. The lowest BCUT2D eigenvalue weighted by atomic mass is 9.77. The largest absolute Gasteiger partial charge is 0.454 e. The second-order valence-corrected chi connectivity index (χ2v) is 10.5. The first-order valence-electron chi connectivity index (χ1n) is 12.2. The molecule has 0 N–H and O–H groups in total. The summed E-state index contributed by atoms with van der Waals surface area (Å²) < 4.78 is 11.0. The third kappa shape index (κ3) is 3.43. The zero-order valence-electron chi connectivity index (χ0n) is 19.0. The number of allylic oxidation sites excluding steroid dienone is 2. The first-order chi connectivity index (χ1) is 16.7. The minimum absolute atomic E-state index is 0.0400. The van der Waals surface area contributed by atoms with Gasteiger partial charge in [-0.25, -0.2) is 0 Å². The van der Waals surface area contributed by atoms with Crippen LogP contribution in [0.1, 0.15) is 78.9 Å². The fourth-order valence-corrected chi connectivity index (χ4v) is 7.20. The van der Waals surface area contributed by atoms with Crippen molar-refractivity contribution in [2.75, 3.05) is 11.7 Å². The molecule has 34 heavy (non-hydrogen) atoms. The number of nitrogens with zero attached hydrogens (tertiary/aromatic N) is 2. The van der Waals surface area contributed by atoms with E-state index < -0.39 is 0 Å². The number of carbonyl (C=O) groups excluding carboxylic acids is 2. The molecule has 2 aliphatic carbocycles. The molecule has 6 nitrogen and oxygen atoms in total. The van der Waals surface area contributed by atoms with Gasteiger partial charge in [-0.2, -0.15) is 5.26 Å². The van der Waals surface area contributed by atoms with Crippen LogP contribution in [0.4, 0.5) is 5.00 Å². The zero-order chi connectivity index (χ0) is 23.2. The molecule has 3 heterocycles. The predicted molar refractivity (Wildman–Crippen MR) is 128 cm³/mol. The van der Waals surface area contributed by atoms with E-state index in [0.717, 1.165) is 59.5 Å². The summed E-state index contributed by atoms with van der Waals surface area (Å²) in [6.07, 6.45) is 8.52.